The van der Waals surface area contributed by atoms with Crippen LogP contribution in [0.2, 0.25) is 0 Å². The van der Waals surface area contributed by atoms with Crippen LogP contribution in [0.25, 0.3) is 0 Å². The van der Waals surface area contributed by atoms with Gasteiger partial charge in [-0.1, -0.05) is 40.2 Å². The third kappa shape index (κ3) is 5.81. The topological polar surface area (TPSA) is 83.5 Å². The Morgan fingerprint density at radius 2 is 1.59 bits per heavy atom. The number of hydrogen-bond acceptors (Lipinski definition) is 4. The van der Waals surface area contributed by atoms with Crippen molar-refractivity contribution < 1.29 is 19.5 Å². The van der Waals surface area contributed by atoms with Crippen LogP contribution < -0.4 is 5.32 Å². The molecular formula is C22H20BrNO4S. The predicted molar refractivity (Wildman–Crippen MR) is 117 cm³/mol. The molecular weight excluding hydrogens is 454 g/mol. The van der Waals surface area contributed by atoms with Crippen molar-refractivity contribution in [2.75, 3.05) is 11.1 Å². The van der Waals surface area contributed by atoms with Gasteiger partial charge in [0.25, 0.3) is 0 Å². The number of thioether (sulfide) groups is 1. The summed E-state index contributed by atoms with van der Waals surface area (Å²) in [7, 11) is 0. The van der Waals surface area contributed by atoms with Gasteiger partial charge in [-0.3, -0.25) is 14.4 Å². The van der Waals surface area contributed by atoms with E-state index in [1.807, 2.05) is 36.4 Å². The van der Waals surface area contributed by atoms with E-state index in [0.717, 1.165) is 9.37 Å². The van der Waals surface area contributed by atoms with Crippen molar-refractivity contribution in [3.63, 3.8) is 0 Å². The fraction of sp³-hybridized carbons (Fsp3) is 0.227. The van der Waals surface area contributed by atoms with E-state index >= 15 is 0 Å². The number of halogens is 1. The number of Topliss-reactive ketones (excluding diaryl/α,β-unsaturated/α-hetero) is 1. The molecule has 29 heavy (non-hydrogen) atoms. The van der Waals surface area contributed by atoms with Crippen LogP contribution in [-0.2, 0) is 9.59 Å². The highest BCUT2D eigenvalue weighted by Gasteiger charge is 2.33. The van der Waals surface area contributed by atoms with Gasteiger partial charge in [-0.2, -0.15) is 0 Å². The maximum atomic E-state index is 12.5. The summed E-state index contributed by atoms with van der Waals surface area (Å²) in [5.41, 5.74) is 1.27. The second kappa shape index (κ2) is 9.89. The summed E-state index contributed by atoms with van der Waals surface area (Å²) < 4.78 is 0.929. The smallest absolute Gasteiger partial charge is 0.307 e. The Balaban J connectivity index is 1.55. The summed E-state index contributed by atoms with van der Waals surface area (Å²) in [6.07, 6.45) is 4.46. The lowest BCUT2D eigenvalue weighted by Crippen LogP contribution is -2.34. The number of rotatable bonds is 7. The number of hydrogen-bond donors (Lipinski definition) is 2. The molecule has 0 fully saturated rings. The van der Waals surface area contributed by atoms with Crippen LogP contribution in [0.1, 0.15) is 23.2 Å². The summed E-state index contributed by atoms with van der Waals surface area (Å²) >= 11 is 4.78. The highest BCUT2D eigenvalue weighted by Crippen LogP contribution is 2.28. The van der Waals surface area contributed by atoms with Crippen molar-refractivity contribution in [1.29, 1.82) is 0 Å². The van der Waals surface area contributed by atoms with Crippen molar-refractivity contribution in [2.24, 2.45) is 11.8 Å². The first-order chi connectivity index (χ1) is 13.9. The standard InChI is InChI=1S/C22H20BrNO4S/c23-15-7-5-14(6-8-15)20(25)13-29-17-11-9-16(10-12-17)24-21(26)18-3-1-2-4-19(18)22(27)28/h1-2,5-12,18-19H,3-4,13H2,(H,24,26)(H,27,28). The van der Waals surface area contributed by atoms with Crippen molar-refractivity contribution in [3.8, 4) is 0 Å². The lowest BCUT2D eigenvalue weighted by molar-refractivity contribution is -0.146. The monoisotopic (exact) mass is 473 g/mol. The molecule has 3 rings (SSSR count). The maximum absolute atomic E-state index is 12.5. The van der Waals surface area contributed by atoms with Gasteiger partial charge in [0.05, 0.1) is 17.6 Å². The van der Waals surface area contributed by atoms with Crippen LogP contribution >= 0.6 is 27.7 Å². The van der Waals surface area contributed by atoms with Crippen molar-refractivity contribution in [1.82, 2.24) is 0 Å². The Bertz CT molecular complexity index is 925. The van der Waals surface area contributed by atoms with Crippen molar-refractivity contribution in [3.05, 3.63) is 70.7 Å². The van der Waals surface area contributed by atoms with E-state index in [1.165, 1.54) is 11.8 Å². The molecule has 0 heterocycles. The van der Waals surface area contributed by atoms with E-state index in [0.29, 0.717) is 29.8 Å². The Kier molecular flexibility index (Phi) is 7.28. The Morgan fingerprint density at radius 1 is 0.966 bits per heavy atom. The molecule has 0 spiro atoms. The third-order valence-corrected chi connectivity index (χ3v) is 6.29. The largest absolute Gasteiger partial charge is 0.481 e. The lowest BCUT2D eigenvalue weighted by Gasteiger charge is -2.24. The second-order valence-corrected chi connectivity index (χ2v) is 8.69. The van der Waals surface area contributed by atoms with Crippen LogP contribution in [-0.4, -0.2) is 28.5 Å². The number of amides is 1. The van der Waals surface area contributed by atoms with Gasteiger partial charge in [-0.15, -0.1) is 11.8 Å². The van der Waals surface area contributed by atoms with Crippen LogP contribution in [0.3, 0.4) is 0 Å². The van der Waals surface area contributed by atoms with E-state index in [2.05, 4.69) is 21.2 Å². The Hall–Kier alpha value is -2.38. The van der Waals surface area contributed by atoms with Gasteiger partial charge >= 0.3 is 5.97 Å². The number of carbonyl (C=O) groups excluding carboxylic acids is 2. The van der Waals surface area contributed by atoms with Crippen LogP contribution in [0.15, 0.2) is 70.1 Å². The molecule has 1 aliphatic rings. The van der Waals surface area contributed by atoms with E-state index in [4.69, 9.17) is 0 Å². The van der Waals surface area contributed by atoms with E-state index in [-0.39, 0.29) is 11.7 Å². The van der Waals surface area contributed by atoms with Crippen LogP contribution in [0, 0.1) is 11.8 Å². The molecule has 0 aliphatic heterocycles. The van der Waals surface area contributed by atoms with Crippen molar-refractivity contribution in [2.45, 2.75) is 17.7 Å². The molecule has 150 valence electrons. The number of aliphatic carboxylic acids is 1. The molecule has 2 unspecified atom stereocenters. The Morgan fingerprint density at radius 3 is 2.21 bits per heavy atom. The number of benzene rings is 2. The summed E-state index contributed by atoms with van der Waals surface area (Å²) in [5.74, 6) is -2.13. The van der Waals surface area contributed by atoms with Gasteiger partial charge in [0.1, 0.15) is 0 Å². The van der Waals surface area contributed by atoms with Gasteiger partial charge < -0.3 is 10.4 Å². The summed E-state index contributed by atoms with van der Waals surface area (Å²) in [4.78, 5) is 37.0. The number of carboxylic acids is 1. The van der Waals surface area contributed by atoms with Gasteiger partial charge in [-0.05, 0) is 49.2 Å². The molecule has 5 nitrogen and oxygen atoms in total. The van der Waals surface area contributed by atoms with E-state index in [9.17, 15) is 19.5 Å². The first-order valence-corrected chi connectivity index (χ1v) is 10.9. The normalized spacial score (nSPS) is 18.2. The minimum absolute atomic E-state index is 0.0462. The summed E-state index contributed by atoms with van der Waals surface area (Å²) in [6, 6.07) is 14.5. The zero-order chi connectivity index (χ0) is 20.8. The minimum atomic E-state index is -0.948. The molecule has 2 atom stereocenters. The second-order valence-electron chi connectivity index (χ2n) is 6.73. The average molecular weight is 474 g/mol. The average Bonchev–Trinajstić information content (AvgIpc) is 2.73. The fourth-order valence-corrected chi connectivity index (χ4v) is 4.17. The molecule has 1 aliphatic carbocycles. The quantitative estimate of drug-likeness (QED) is 0.334. The zero-order valence-electron chi connectivity index (χ0n) is 15.5. The molecule has 2 N–H and O–H groups in total. The number of carbonyl (C=O) groups is 3. The Labute approximate surface area is 181 Å². The van der Waals surface area contributed by atoms with Gasteiger partial charge in [0.15, 0.2) is 5.78 Å². The third-order valence-electron chi connectivity index (χ3n) is 4.74. The highest BCUT2D eigenvalue weighted by atomic mass is 79.9. The summed E-state index contributed by atoms with van der Waals surface area (Å²) in [5, 5.41) is 12.1. The molecule has 0 saturated carbocycles. The molecule has 0 aromatic heterocycles. The number of anilines is 1. The fourth-order valence-electron chi connectivity index (χ4n) is 3.11. The number of carboxylic acid groups (broad SMARTS) is 1. The van der Waals surface area contributed by atoms with Gasteiger partial charge in [0.2, 0.25) is 5.91 Å². The first kappa shape index (κ1) is 21.3. The first-order valence-electron chi connectivity index (χ1n) is 9.14. The predicted octanol–water partition coefficient (Wildman–Crippen LogP) is 5.03. The SMILES string of the molecule is O=C(CSc1ccc(NC(=O)C2CC=CCC2C(=O)O)cc1)c1ccc(Br)cc1. The van der Waals surface area contributed by atoms with Gasteiger partial charge in [0, 0.05) is 20.6 Å². The van der Waals surface area contributed by atoms with E-state index in [1.54, 1.807) is 24.3 Å². The lowest BCUT2D eigenvalue weighted by atomic mass is 9.82. The molecule has 2 aromatic carbocycles. The molecule has 7 heteroatoms. The number of ketones is 1. The molecule has 2 aromatic rings. The van der Waals surface area contributed by atoms with Crippen LogP contribution in [0.4, 0.5) is 5.69 Å². The maximum Gasteiger partial charge on any atom is 0.307 e. The molecule has 0 bridgehead atoms. The molecule has 1 amide bonds. The minimum Gasteiger partial charge on any atom is -0.481 e. The van der Waals surface area contributed by atoms with Crippen LogP contribution in [0.5, 0.6) is 0 Å². The summed E-state index contributed by atoms with van der Waals surface area (Å²) in [6.45, 7) is 0. The zero-order valence-corrected chi connectivity index (χ0v) is 17.9. The highest BCUT2D eigenvalue weighted by molar-refractivity contribution is 9.10. The number of allylic oxidation sites excluding steroid dienone is 2. The van der Waals surface area contributed by atoms with Gasteiger partial charge in [-0.25, -0.2) is 0 Å². The van der Waals surface area contributed by atoms with Crippen molar-refractivity contribution >= 4 is 51.0 Å². The molecule has 0 radical (unpaired) electrons. The number of nitrogens with one attached hydrogen (secondary N) is 1. The van der Waals surface area contributed by atoms with E-state index < -0.39 is 17.8 Å². The molecule has 0 saturated heterocycles.